The summed E-state index contributed by atoms with van der Waals surface area (Å²) in [6, 6.07) is 17.6. The van der Waals surface area contributed by atoms with E-state index in [0.717, 1.165) is 16.7 Å². The third kappa shape index (κ3) is 8.49. The minimum absolute atomic E-state index is 0.00639. The van der Waals surface area contributed by atoms with Crippen LogP contribution in [0.2, 0.25) is 0 Å². The van der Waals surface area contributed by atoms with Gasteiger partial charge in [0.15, 0.2) is 0 Å². The van der Waals surface area contributed by atoms with Gasteiger partial charge in [-0.05, 0) is 51.1 Å². The second-order valence-corrected chi connectivity index (χ2v) is 14.2. The molecule has 0 spiro atoms. The largest absolute Gasteiger partial charge is 0.508 e. The molecule has 0 saturated heterocycles. The summed E-state index contributed by atoms with van der Waals surface area (Å²) < 4.78 is 0. The Morgan fingerprint density at radius 1 is 0.550 bits per heavy atom. The number of phenolic OH excluding ortho intramolecular Hbond substituents is 3. The highest BCUT2D eigenvalue weighted by molar-refractivity contribution is 5.41. The number of nitrogens with one attached hydrogen (secondary N) is 1. The fourth-order valence-electron chi connectivity index (χ4n) is 4.71. The molecule has 0 bridgehead atoms. The Morgan fingerprint density at radius 3 is 1.27 bits per heavy atom. The lowest BCUT2D eigenvalue weighted by atomic mass is 9.85. The van der Waals surface area contributed by atoms with Crippen molar-refractivity contribution in [3.05, 3.63) is 88.0 Å². The van der Waals surface area contributed by atoms with Gasteiger partial charge in [0.1, 0.15) is 17.2 Å². The number of phenols is 3. The lowest BCUT2D eigenvalue weighted by Gasteiger charge is -2.27. The van der Waals surface area contributed by atoms with Crippen LogP contribution in [0.1, 0.15) is 95.7 Å². The summed E-state index contributed by atoms with van der Waals surface area (Å²) in [5.41, 5.74) is 6.10. The zero-order valence-corrected chi connectivity index (χ0v) is 26.0. The molecule has 0 saturated carbocycles. The van der Waals surface area contributed by atoms with Crippen molar-refractivity contribution in [2.75, 3.05) is 13.1 Å². The van der Waals surface area contributed by atoms with E-state index in [9.17, 15) is 15.3 Å². The molecule has 0 fully saturated rings. The van der Waals surface area contributed by atoms with Crippen molar-refractivity contribution >= 4 is 0 Å². The number of rotatable bonds is 9. The third-order valence-electron chi connectivity index (χ3n) is 7.54. The van der Waals surface area contributed by atoms with Gasteiger partial charge in [0.05, 0.1) is 0 Å². The van der Waals surface area contributed by atoms with Crippen LogP contribution in [0.3, 0.4) is 0 Å². The van der Waals surface area contributed by atoms with Crippen LogP contribution >= 0.6 is 0 Å². The van der Waals surface area contributed by atoms with E-state index in [1.54, 1.807) is 18.2 Å². The number of aromatic hydroxyl groups is 3. The topological polar surface area (TPSA) is 76.0 Å². The Bertz CT molecular complexity index is 1230. The Balaban J connectivity index is 1.82. The number of hydrogen-bond donors (Lipinski definition) is 4. The smallest absolute Gasteiger partial charge is 0.120 e. The maximum absolute atomic E-state index is 10.7. The molecule has 0 heterocycles. The van der Waals surface area contributed by atoms with Crippen molar-refractivity contribution in [3.8, 4) is 17.2 Å². The lowest BCUT2D eigenvalue weighted by molar-refractivity contribution is 0.249. The van der Waals surface area contributed by atoms with Gasteiger partial charge in [0.25, 0.3) is 0 Å². The molecule has 0 aliphatic carbocycles. The predicted molar refractivity (Wildman–Crippen MR) is 166 cm³/mol. The Morgan fingerprint density at radius 2 is 0.900 bits per heavy atom. The highest BCUT2D eigenvalue weighted by atomic mass is 16.3. The summed E-state index contributed by atoms with van der Waals surface area (Å²) in [7, 11) is 0. The van der Waals surface area contributed by atoms with Crippen molar-refractivity contribution < 1.29 is 15.3 Å². The van der Waals surface area contributed by atoms with Gasteiger partial charge in [-0.25, -0.2) is 0 Å². The molecule has 4 N–H and O–H groups in total. The van der Waals surface area contributed by atoms with Crippen LogP contribution < -0.4 is 5.32 Å². The van der Waals surface area contributed by atoms with Gasteiger partial charge in [0, 0.05) is 49.4 Å². The zero-order valence-electron chi connectivity index (χ0n) is 26.0. The van der Waals surface area contributed by atoms with Crippen LogP contribution in [0.5, 0.6) is 17.2 Å². The molecule has 5 heteroatoms. The molecule has 0 radical (unpaired) electrons. The monoisotopic (exact) mass is 546 g/mol. The molecule has 0 unspecified atom stereocenters. The van der Waals surface area contributed by atoms with E-state index in [0.29, 0.717) is 38.5 Å². The zero-order chi connectivity index (χ0) is 29.9. The molecule has 3 rings (SSSR count). The van der Waals surface area contributed by atoms with Crippen molar-refractivity contribution in [1.29, 1.82) is 0 Å². The van der Waals surface area contributed by atoms with Gasteiger partial charge in [-0.2, -0.15) is 0 Å². The summed E-state index contributed by atoms with van der Waals surface area (Å²) in [5, 5.41) is 35.4. The van der Waals surface area contributed by atoms with E-state index in [1.165, 1.54) is 16.7 Å². The van der Waals surface area contributed by atoms with E-state index in [2.05, 4.69) is 90.7 Å². The van der Waals surface area contributed by atoms with Gasteiger partial charge in [0.2, 0.25) is 0 Å². The van der Waals surface area contributed by atoms with Crippen molar-refractivity contribution in [2.24, 2.45) is 0 Å². The maximum Gasteiger partial charge on any atom is 0.120 e. The van der Waals surface area contributed by atoms with E-state index in [-0.39, 0.29) is 27.7 Å². The molecule has 40 heavy (non-hydrogen) atoms. The number of hydrogen-bond acceptors (Lipinski definition) is 5. The molecule has 3 aromatic carbocycles. The molecule has 0 amide bonds. The standard InChI is InChI=1S/C35H50N2O3/c1-33(2,3)27-10-13-30(38)24(18-27)21-36-16-17-37(22-25-19-28(34(4,5)6)11-14-31(25)39)23-26-20-29(35(7,8)9)12-15-32(26)40/h10-15,18-20,36,38-40H,16-17,21-23H2,1-9H3. The summed E-state index contributed by atoms with van der Waals surface area (Å²) >= 11 is 0. The van der Waals surface area contributed by atoms with E-state index < -0.39 is 0 Å². The summed E-state index contributed by atoms with van der Waals surface area (Å²) in [5.74, 6) is 0.857. The average molecular weight is 547 g/mol. The van der Waals surface area contributed by atoms with E-state index >= 15 is 0 Å². The highest BCUT2D eigenvalue weighted by Gasteiger charge is 2.20. The highest BCUT2D eigenvalue weighted by Crippen LogP contribution is 2.31. The first-order chi connectivity index (χ1) is 18.4. The molecule has 5 nitrogen and oxygen atoms in total. The van der Waals surface area contributed by atoms with Crippen molar-refractivity contribution in [1.82, 2.24) is 10.2 Å². The SMILES string of the molecule is CC(C)(C)c1ccc(O)c(CNCCN(Cc2cc(C(C)(C)C)ccc2O)Cc2cc(C(C)(C)C)ccc2O)c1. The van der Waals surface area contributed by atoms with Crippen LogP contribution in [-0.4, -0.2) is 33.3 Å². The predicted octanol–water partition coefficient (Wildman–Crippen LogP) is 7.49. The van der Waals surface area contributed by atoms with Crippen LogP contribution in [0.15, 0.2) is 54.6 Å². The fraction of sp³-hybridized carbons (Fsp3) is 0.486. The van der Waals surface area contributed by atoms with Gasteiger partial charge in [-0.15, -0.1) is 0 Å². The molecule has 218 valence electrons. The van der Waals surface area contributed by atoms with Crippen LogP contribution in [0.25, 0.3) is 0 Å². The van der Waals surface area contributed by atoms with Crippen LogP contribution in [-0.2, 0) is 35.9 Å². The molecular formula is C35H50N2O3. The van der Waals surface area contributed by atoms with Crippen LogP contribution in [0.4, 0.5) is 0 Å². The van der Waals surface area contributed by atoms with Crippen LogP contribution in [0, 0.1) is 0 Å². The second kappa shape index (κ2) is 12.2. The molecular weight excluding hydrogens is 496 g/mol. The second-order valence-electron chi connectivity index (χ2n) is 14.2. The molecule has 0 aromatic heterocycles. The maximum atomic E-state index is 10.7. The summed E-state index contributed by atoms with van der Waals surface area (Å²) in [6.45, 7) is 22.5. The van der Waals surface area contributed by atoms with Crippen molar-refractivity contribution in [2.45, 2.75) is 98.2 Å². The lowest BCUT2D eigenvalue weighted by Crippen LogP contribution is -2.31. The van der Waals surface area contributed by atoms with Gasteiger partial charge in [-0.1, -0.05) is 98.7 Å². The minimum atomic E-state index is -0.0300. The summed E-state index contributed by atoms with van der Waals surface area (Å²) in [6.07, 6.45) is 0. The first-order valence-corrected chi connectivity index (χ1v) is 14.4. The quantitative estimate of drug-likeness (QED) is 0.209. The fourth-order valence-corrected chi connectivity index (χ4v) is 4.71. The molecule has 0 aliphatic rings. The van der Waals surface area contributed by atoms with Gasteiger partial charge >= 0.3 is 0 Å². The first kappa shape index (κ1) is 31.5. The molecule has 0 aliphatic heterocycles. The summed E-state index contributed by atoms with van der Waals surface area (Å²) in [4.78, 5) is 2.25. The molecule has 0 atom stereocenters. The Labute approximate surface area is 241 Å². The average Bonchev–Trinajstić information content (AvgIpc) is 2.83. The molecule has 3 aromatic rings. The van der Waals surface area contributed by atoms with E-state index in [4.69, 9.17) is 0 Å². The number of nitrogens with zero attached hydrogens (tertiary/aromatic N) is 1. The van der Waals surface area contributed by atoms with Crippen molar-refractivity contribution in [3.63, 3.8) is 0 Å². The Hall–Kier alpha value is -3.02. The van der Waals surface area contributed by atoms with E-state index in [1.807, 2.05) is 18.2 Å². The first-order valence-electron chi connectivity index (χ1n) is 14.4. The minimum Gasteiger partial charge on any atom is -0.508 e. The Kier molecular flexibility index (Phi) is 9.64. The van der Waals surface area contributed by atoms with Gasteiger partial charge < -0.3 is 20.6 Å². The van der Waals surface area contributed by atoms with Gasteiger partial charge in [-0.3, -0.25) is 4.90 Å². The third-order valence-corrected chi connectivity index (χ3v) is 7.54. The number of benzene rings is 3. The normalized spacial score (nSPS) is 12.8.